The van der Waals surface area contributed by atoms with Gasteiger partial charge in [-0.15, -0.1) is 0 Å². The fourth-order valence-corrected chi connectivity index (χ4v) is 2.34. The minimum Gasteiger partial charge on any atom is -0.385 e. The standard InChI is InChI=1S/C16H31N3O/c1-13(2)8-6-9-14(3)17-16-18-15(4)12-19(16)10-7-11-20-5/h12-14H,6-11H2,1-5H3,(H,17,18). The maximum atomic E-state index is 5.11. The van der Waals surface area contributed by atoms with Crippen molar-refractivity contribution in [1.82, 2.24) is 9.55 Å². The van der Waals surface area contributed by atoms with E-state index in [1.807, 2.05) is 6.92 Å². The molecule has 0 saturated carbocycles. The quantitative estimate of drug-likeness (QED) is 0.662. The van der Waals surface area contributed by atoms with E-state index in [9.17, 15) is 0 Å². The Kier molecular flexibility index (Phi) is 7.67. The average Bonchev–Trinajstić information content (AvgIpc) is 2.69. The largest absolute Gasteiger partial charge is 0.385 e. The van der Waals surface area contributed by atoms with Crippen molar-refractivity contribution in [3.63, 3.8) is 0 Å². The predicted molar refractivity (Wildman–Crippen MR) is 85.2 cm³/mol. The highest BCUT2D eigenvalue weighted by atomic mass is 16.5. The van der Waals surface area contributed by atoms with Gasteiger partial charge in [0.1, 0.15) is 0 Å². The maximum absolute atomic E-state index is 5.11. The molecule has 0 radical (unpaired) electrons. The number of nitrogens with one attached hydrogen (secondary N) is 1. The summed E-state index contributed by atoms with van der Waals surface area (Å²) in [6, 6.07) is 0.469. The summed E-state index contributed by atoms with van der Waals surface area (Å²) >= 11 is 0. The van der Waals surface area contributed by atoms with E-state index in [-0.39, 0.29) is 0 Å². The molecule has 1 rings (SSSR count). The van der Waals surface area contributed by atoms with E-state index in [1.54, 1.807) is 7.11 Å². The molecule has 1 unspecified atom stereocenters. The zero-order valence-electron chi connectivity index (χ0n) is 13.8. The number of ether oxygens (including phenoxy) is 1. The molecule has 4 nitrogen and oxygen atoms in total. The van der Waals surface area contributed by atoms with Gasteiger partial charge in [-0.3, -0.25) is 0 Å². The second kappa shape index (κ2) is 9.01. The lowest BCUT2D eigenvalue weighted by Crippen LogP contribution is -2.18. The van der Waals surface area contributed by atoms with Crippen LogP contribution in [0.1, 0.15) is 52.1 Å². The number of aromatic nitrogens is 2. The Hall–Kier alpha value is -1.03. The lowest BCUT2D eigenvalue weighted by Gasteiger charge is -2.16. The van der Waals surface area contributed by atoms with Crippen LogP contribution in [0, 0.1) is 12.8 Å². The molecule has 1 N–H and O–H groups in total. The number of methoxy groups -OCH3 is 1. The van der Waals surface area contributed by atoms with Crippen LogP contribution in [0.3, 0.4) is 0 Å². The molecule has 0 aliphatic carbocycles. The summed E-state index contributed by atoms with van der Waals surface area (Å²) in [5.74, 6) is 1.79. The monoisotopic (exact) mass is 281 g/mol. The van der Waals surface area contributed by atoms with Gasteiger partial charge in [-0.25, -0.2) is 4.98 Å². The first-order valence-corrected chi connectivity index (χ1v) is 7.82. The Morgan fingerprint density at radius 3 is 2.65 bits per heavy atom. The Balaban J connectivity index is 2.44. The summed E-state index contributed by atoms with van der Waals surface area (Å²) in [5, 5.41) is 3.54. The molecule has 1 aromatic rings. The highest BCUT2D eigenvalue weighted by Gasteiger charge is 2.09. The Labute approximate surface area is 123 Å². The number of hydrogen-bond donors (Lipinski definition) is 1. The third-order valence-electron chi connectivity index (χ3n) is 3.44. The van der Waals surface area contributed by atoms with Gasteiger partial charge >= 0.3 is 0 Å². The van der Waals surface area contributed by atoms with Gasteiger partial charge in [-0.05, 0) is 32.6 Å². The fourth-order valence-electron chi connectivity index (χ4n) is 2.34. The van der Waals surface area contributed by atoms with Crippen molar-refractivity contribution in [2.45, 2.75) is 66.0 Å². The first kappa shape index (κ1) is 17.0. The van der Waals surface area contributed by atoms with Gasteiger partial charge in [0.05, 0.1) is 5.69 Å². The molecule has 1 aromatic heterocycles. The van der Waals surface area contributed by atoms with E-state index in [0.717, 1.165) is 37.1 Å². The molecule has 116 valence electrons. The van der Waals surface area contributed by atoms with Crippen molar-refractivity contribution >= 4 is 5.95 Å². The van der Waals surface area contributed by atoms with Crippen LogP contribution in [-0.2, 0) is 11.3 Å². The molecule has 0 aliphatic rings. The van der Waals surface area contributed by atoms with E-state index < -0.39 is 0 Å². The van der Waals surface area contributed by atoms with Crippen molar-refractivity contribution in [2.75, 3.05) is 19.0 Å². The predicted octanol–water partition coefficient (Wildman–Crippen LogP) is 3.85. The van der Waals surface area contributed by atoms with Crippen LogP contribution in [0.2, 0.25) is 0 Å². The molecule has 0 saturated heterocycles. The van der Waals surface area contributed by atoms with Gasteiger partial charge in [0.2, 0.25) is 5.95 Å². The summed E-state index contributed by atoms with van der Waals surface area (Å²) in [6.45, 7) is 10.6. The Bertz CT molecular complexity index is 374. The lowest BCUT2D eigenvalue weighted by atomic mass is 10.0. The second-order valence-electron chi connectivity index (χ2n) is 6.12. The number of anilines is 1. The molecule has 0 aliphatic heterocycles. The third kappa shape index (κ3) is 6.42. The van der Waals surface area contributed by atoms with Crippen LogP contribution >= 0.6 is 0 Å². The van der Waals surface area contributed by atoms with E-state index >= 15 is 0 Å². The van der Waals surface area contributed by atoms with E-state index in [1.165, 1.54) is 19.3 Å². The molecule has 20 heavy (non-hydrogen) atoms. The van der Waals surface area contributed by atoms with Crippen LogP contribution in [0.25, 0.3) is 0 Å². The van der Waals surface area contributed by atoms with E-state index in [4.69, 9.17) is 4.74 Å². The molecular formula is C16H31N3O. The molecule has 0 aromatic carbocycles. The zero-order valence-corrected chi connectivity index (χ0v) is 13.8. The van der Waals surface area contributed by atoms with Crippen LogP contribution in [-0.4, -0.2) is 29.3 Å². The Morgan fingerprint density at radius 2 is 2.00 bits per heavy atom. The zero-order chi connectivity index (χ0) is 15.0. The number of imidazole rings is 1. The molecule has 0 spiro atoms. The molecule has 0 amide bonds. The van der Waals surface area contributed by atoms with Crippen molar-refractivity contribution in [3.8, 4) is 0 Å². The second-order valence-corrected chi connectivity index (χ2v) is 6.12. The number of nitrogens with zero attached hydrogens (tertiary/aromatic N) is 2. The third-order valence-corrected chi connectivity index (χ3v) is 3.44. The first-order chi connectivity index (χ1) is 9.52. The van der Waals surface area contributed by atoms with Crippen molar-refractivity contribution in [1.29, 1.82) is 0 Å². The average molecular weight is 281 g/mol. The smallest absolute Gasteiger partial charge is 0.203 e. The minimum atomic E-state index is 0.469. The van der Waals surface area contributed by atoms with Gasteiger partial charge < -0.3 is 14.6 Å². The molecule has 0 bridgehead atoms. The highest BCUT2D eigenvalue weighted by Crippen LogP contribution is 2.14. The molecular weight excluding hydrogens is 250 g/mol. The van der Waals surface area contributed by atoms with Crippen LogP contribution in [0.15, 0.2) is 6.20 Å². The topological polar surface area (TPSA) is 39.1 Å². The fraction of sp³-hybridized carbons (Fsp3) is 0.812. The van der Waals surface area contributed by atoms with Gasteiger partial charge in [0.25, 0.3) is 0 Å². The molecule has 1 heterocycles. The summed E-state index contributed by atoms with van der Waals surface area (Å²) in [6.07, 6.45) is 6.90. The summed E-state index contributed by atoms with van der Waals surface area (Å²) in [7, 11) is 1.75. The first-order valence-electron chi connectivity index (χ1n) is 7.82. The van der Waals surface area contributed by atoms with E-state index in [2.05, 4.69) is 41.8 Å². The molecule has 1 atom stereocenters. The Morgan fingerprint density at radius 1 is 1.25 bits per heavy atom. The van der Waals surface area contributed by atoms with Crippen LogP contribution in [0.5, 0.6) is 0 Å². The number of aryl methyl sites for hydroxylation is 2. The summed E-state index contributed by atoms with van der Waals surface area (Å²) in [5.41, 5.74) is 1.07. The van der Waals surface area contributed by atoms with Gasteiger partial charge in [0, 0.05) is 32.5 Å². The van der Waals surface area contributed by atoms with Gasteiger partial charge in [-0.2, -0.15) is 0 Å². The summed E-state index contributed by atoms with van der Waals surface area (Å²) in [4.78, 5) is 4.58. The maximum Gasteiger partial charge on any atom is 0.203 e. The number of rotatable bonds is 10. The molecule has 4 heteroatoms. The van der Waals surface area contributed by atoms with Crippen LogP contribution in [0.4, 0.5) is 5.95 Å². The summed E-state index contributed by atoms with van der Waals surface area (Å²) < 4.78 is 7.31. The van der Waals surface area contributed by atoms with Crippen molar-refractivity contribution < 1.29 is 4.74 Å². The normalized spacial score (nSPS) is 12.9. The SMILES string of the molecule is COCCCn1cc(C)nc1NC(C)CCCC(C)C. The highest BCUT2D eigenvalue weighted by molar-refractivity contribution is 5.29. The van der Waals surface area contributed by atoms with Gasteiger partial charge in [0.15, 0.2) is 0 Å². The minimum absolute atomic E-state index is 0.469. The van der Waals surface area contributed by atoms with E-state index in [0.29, 0.717) is 6.04 Å². The van der Waals surface area contributed by atoms with Gasteiger partial charge in [-0.1, -0.05) is 26.7 Å². The van der Waals surface area contributed by atoms with Crippen molar-refractivity contribution in [3.05, 3.63) is 11.9 Å². The lowest BCUT2D eigenvalue weighted by molar-refractivity contribution is 0.190. The molecule has 0 fully saturated rings. The van der Waals surface area contributed by atoms with Crippen LogP contribution < -0.4 is 5.32 Å². The number of hydrogen-bond acceptors (Lipinski definition) is 3. The van der Waals surface area contributed by atoms with Crippen molar-refractivity contribution in [2.24, 2.45) is 5.92 Å².